The van der Waals surface area contributed by atoms with Gasteiger partial charge in [0.05, 0.1) is 23.3 Å². The number of rotatable bonds is 1. The lowest BCUT2D eigenvalue weighted by atomic mass is 9.86. The third kappa shape index (κ3) is 3.21. The van der Waals surface area contributed by atoms with Gasteiger partial charge in [-0.05, 0) is 43.7 Å². The second kappa shape index (κ2) is 6.97. The van der Waals surface area contributed by atoms with Crippen molar-refractivity contribution in [2.24, 2.45) is 5.92 Å². The lowest BCUT2D eigenvalue weighted by Crippen LogP contribution is -2.57. The predicted octanol–water partition coefficient (Wildman–Crippen LogP) is 2.25. The number of nitrogens with zero attached hydrogens (tertiary/aromatic N) is 2. The number of carbonyl (C=O) groups is 2. The monoisotopic (exact) mass is 387 g/mol. The van der Waals surface area contributed by atoms with Crippen molar-refractivity contribution >= 4 is 29.1 Å². The van der Waals surface area contributed by atoms with Gasteiger partial charge in [0, 0.05) is 19.0 Å². The SMILES string of the molecule is Nc1ccc(C(=O)N2[C@@H]3CC[C@H]2CN(C(=O)C#CC2CCC2)C3)c(O)c1Cl. The van der Waals surface area contributed by atoms with E-state index in [1.54, 1.807) is 9.80 Å². The van der Waals surface area contributed by atoms with Crippen LogP contribution in [0.2, 0.25) is 5.02 Å². The van der Waals surface area contributed by atoms with Gasteiger partial charge >= 0.3 is 0 Å². The topological polar surface area (TPSA) is 86.9 Å². The Morgan fingerprint density at radius 2 is 1.81 bits per heavy atom. The third-order valence-corrected chi connectivity index (χ3v) is 6.27. The number of carbonyl (C=O) groups excluding carboxylic acids is 2. The Labute approximate surface area is 163 Å². The largest absolute Gasteiger partial charge is 0.505 e. The Morgan fingerprint density at radius 3 is 2.41 bits per heavy atom. The number of nitrogens with two attached hydrogens (primary N) is 1. The number of piperazine rings is 1. The predicted molar refractivity (Wildman–Crippen MR) is 102 cm³/mol. The molecular weight excluding hydrogens is 366 g/mol. The van der Waals surface area contributed by atoms with Gasteiger partial charge in [-0.3, -0.25) is 9.59 Å². The summed E-state index contributed by atoms with van der Waals surface area (Å²) >= 11 is 5.98. The summed E-state index contributed by atoms with van der Waals surface area (Å²) in [7, 11) is 0. The minimum atomic E-state index is -0.286. The van der Waals surface area contributed by atoms with Gasteiger partial charge in [0.15, 0.2) is 0 Å². The molecule has 6 nitrogen and oxygen atoms in total. The molecule has 142 valence electrons. The summed E-state index contributed by atoms with van der Waals surface area (Å²) < 4.78 is 0. The summed E-state index contributed by atoms with van der Waals surface area (Å²) in [5.41, 5.74) is 6.06. The number of nitrogen functional groups attached to an aromatic ring is 1. The first-order chi connectivity index (χ1) is 13.0. The average Bonchev–Trinajstić information content (AvgIpc) is 2.87. The van der Waals surface area contributed by atoms with Crippen molar-refractivity contribution in [2.45, 2.75) is 44.2 Å². The summed E-state index contributed by atoms with van der Waals surface area (Å²) in [6.07, 6.45) is 5.03. The summed E-state index contributed by atoms with van der Waals surface area (Å²) in [5.74, 6) is 5.51. The number of phenols is 1. The molecule has 3 fully saturated rings. The highest BCUT2D eigenvalue weighted by molar-refractivity contribution is 6.35. The molecule has 27 heavy (non-hydrogen) atoms. The molecule has 2 aliphatic heterocycles. The smallest absolute Gasteiger partial charge is 0.298 e. The number of likely N-dealkylation sites (tertiary alicyclic amines) is 1. The van der Waals surface area contributed by atoms with Gasteiger partial charge < -0.3 is 20.6 Å². The highest BCUT2D eigenvalue weighted by Crippen LogP contribution is 2.37. The van der Waals surface area contributed by atoms with Crippen LogP contribution in [0.5, 0.6) is 5.75 Å². The summed E-state index contributed by atoms with van der Waals surface area (Å²) in [5, 5.41) is 10.2. The van der Waals surface area contributed by atoms with Crippen LogP contribution in [0.3, 0.4) is 0 Å². The Hall–Kier alpha value is -2.39. The molecule has 2 heterocycles. The second-order valence-electron chi connectivity index (χ2n) is 7.57. The first-order valence-electron chi connectivity index (χ1n) is 9.35. The van der Waals surface area contributed by atoms with Crippen molar-refractivity contribution in [3.05, 3.63) is 22.7 Å². The Bertz CT molecular complexity index is 842. The molecule has 1 saturated carbocycles. The summed E-state index contributed by atoms with van der Waals surface area (Å²) in [6, 6.07) is 2.88. The molecule has 2 bridgehead atoms. The molecule has 1 aliphatic carbocycles. The van der Waals surface area contributed by atoms with Gasteiger partial charge in [-0.25, -0.2) is 0 Å². The number of halogens is 1. The second-order valence-corrected chi connectivity index (χ2v) is 7.95. The van der Waals surface area contributed by atoms with E-state index in [0.29, 0.717) is 19.0 Å². The lowest BCUT2D eigenvalue weighted by Gasteiger charge is -2.40. The van der Waals surface area contributed by atoms with Crippen LogP contribution in [0, 0.1) is 17.8 Å². The molecule has 2 amide bonds. The first kappa shape index (κ1) is 18.0. The van der Waals surface area contributed by atoms with Crippen LogP contribution in [-0.2, 0) is 4.79 Å². The number of amides is 2. The van der Waals surface area contributed by atoms with Gasteiger partial charge in [0.25, 0.3) is 11.8 Å². The zero-order chi connectivity index (χ0) is 19.1. The van der Waals surface area contributed by atoms with Crippen molar-refractivity contribution < 1.29 is 14.7 Å². The van der Waals surface area contributed by atoms with Crippen LogP contribution in [0.1, 0.15) is 42.5 Å². The number of aromatic hydroxyl groups is 1. The molecule has 1 aromatic carbocycles. The first-order valence-corrected chi connectivity index (χ1v) is 9.73. The van der Waals surface area contributed by atoms with E-state index in [1.165, 1.54) is 18.6 Å². The maximum atomic E-state index is 13.0. The summed E-state index contributed by atoms with van der Waals surface area (Å²) in [6.45, 7) is 0.952. The molecule has 4 rings (SSSR count). The van der Waals surface area contributed by atoms with Crippen molar-refractivity contribution in [1.29, 1.82) is 0 Å². The van der Waals surface area contributed by atoms with E-state index in [9.17, 15) is 14.7 Å². The quantitative estimate of drug-likeness (QED) is 0.571. The van der Waals surface area contributed by atoms with Crippen molar-refractivity contribution in [3.8, 4) is 17.6 Å². The molecule has 0 spiro atoms. The van der Waals surface area contributed by atoms with Crippen LogP contribution >= 0.6 is 11.6 Å². The zero-order valence-electron chi connectivity index (χ0n) is 14.9. The van der Waals surface area contributed by atoms with Crippen LogP contribution in [0.25, 0.3) is 0 Å². The molecule has 3 N–H and O–H groups in total. The van der Waals surface area contributed by atoms with Gasteiger partial charge in [-0.15, -0.1) is 0 Å². The fourth-order valence-electron chi connectivity index (χ4n) is 4.09. The molecule has 0 aromatic heterocycles. The van der Waals surface area contributed by atoms with Gasteiger partial charge in [-0.2, -0.15) is 0 Å². The van der Waals surface area contributed by atoms with E-state index in [0.717, 1.165) is 25.7 Å². The molecular formula is C20H22ClN3O3. The standard InChI is InChI=1S/C20H22ClN3O3/c21-18-16(22)8-7-15(19(18)26)20(27)24-13-5-6-14(24)11-23(10-13)17(25)9-4-12-2-1-3-12/h7-8,12-14,26H,1-3,5-6,10-11,22H2/t13-,14+. The maximum Gasteiger partial charge on any atom is 0.298 e. The van der Waals surface area contributed by atoms with Gasteiger partial charge in [0.2, 0.25) is 0 Å². The van der Waals surface area contributed by atoms with Crippen LogP contribution in [0.15, 0.2) is 12.1 Å². The van der Waals surface area contributed by atoms with Gasteiger partial charge in [-0.1, -0.05) is 23.9 Å². The Kier molecular flexibility index (Phi) is 4.65. The Balaban J connectivity index is 1.49. The number of anilines is 1. The van der Waals surface area contributed by atoms with E-state index in [2.05, 4.69) is 11.8 Å². The number of phenolic OH excluding ortho intramolecular Hbond substituents is 1. The molecule has 7 heteroatoms. The zero-order valence-corrected chi connectivity index (χ0v) is 15.7. The fourth-order valence-corrected chi connectivity index (χ4v) is 4.25. The van der Waals surface area contributed by atoms with E-state index in [1.807, 2.05) is 0 Å². The normalized spacial score (nSPS) is 24.2. The van der Waals surface area contributed by atoms with Crippen molar-refractivity contribution in [3.63, 3.8) is 0 Å². The highest BCUT2D eigenvalue weighted by Gasteiger charge is 2.44. The van der Waals surface area contributed by atoms with Crippen molar-refractivity contribution in [2.75, 3.05) is 18.8 Å². The van der Waals surface area contributed by atoms with Crippen LogP contribution in [0.4, 0.5) is 5.69 Å². The highest BCUT2D eigenvalue weighted by atomic mass is 35.5. The third-order valence-electron chi connectivity index (χ3n) is 5.87. The number of hydrogen-bond acceptors (Lipinski definition) is 4. The number of hydrogen-bond donors (Lipinski definition) is 2. The average molecular weight is 388 g/mol. The number of benzene rings is 1. The van der Waals surface area contributed by atoms with Crippen LogP contribution in [-0.4, -0.2) is 51.9 Å². The van der Waals surface area contributed by atoms with E-state index in [-0.39, 0.29) is 45.9 Å². The molecule has 3 aliphatic rings. The number of fused-ring (bicyclic) bond motifs is 2. The molecule has 1 aromatic rings. The lowest BCUT2D eigenvalue weighted by molar-refractivity contribution is -0.127. The minimum absolute atomic E-state index is 0.00622. The van der Waals surface area contributed by atoms with Crippen LogP contribution < -0.4 is 5.73 Å². The van der Waals surface area contributed by atoms with Crippen molar-refractivity contribution in [1.82, 2.24) is 9.80 Å². The molecule has 0 unspecified atom stereocenters. The van der Waals surface area contributed by atoms with Gasteiger partial charge in [0.1, 0.15) is 10.8 Å². The summed E-state index contributed by atoms with van der Waals surface area (Å²) in [4.78, 5) is 29.0. The molecule has 2 atom stereocenters. The van der Waals surface area contributed by atoms with E-state index >= 15 is 0 Å². The fraction of sp³-hybridized carbons (Fsp3) is 0.500. The molecule has 2 saturated heterocycles. The minimum Gasteiger partial charge on any atom is -0.505 e. The van der Waals surface area contributed by atoms with E-state index in [4.69, 9.17) is 17.3 Å². The van der Waals surface area contributed by atoms with E-state index < -0.39 is 0 Å². The maximum absolute atomic E-state index is 13.0. The molecule has 0 radical (unpaired) electrons. The Morgan fingerprint density at radius 1 is 1.15 bits per heavy atom.